The fourth-order valence-electron chi connectivity index (χ4n) is 0.603. The van der Waals surface area contributed by atoms with Gasteiger partial charge in [-0.15, -0.1) is 0 Å². The molecule has 1 rings (SSSR count). The minimum absolute atomic E-state index is 0.290. The summed E-state index contributed by atoms with van der Waals surface area (Å²) in [5.74, 6) is 0.290. The van der Waals surface area contributed by atoms with Gasteiger partial charge in [0.25, 0.3) is 0 Å². The first-order valence-electron chi connectivity index (χ1n) is 2.53. The van der Waals surface area contributed by atoms with Gasteiger partial charge >= 0.3 is 0 Å². The zero-order valence-corrected chi connectivity index (χ0v) is 6.92. The Morgan fingerprint density at radius 2 is 2.40 bits per heavy atom. The van der Waals surface area contributed by atoms with Crippen molar-refractivity contribution < 1.29 is 0 Å². The van der Waals surface area contributed by atoms with Crippen LogP contribution in [0.4, 0.5) is 0 Å². The van der Waals surface area contributed by atoms with E-state index >= 15 is 0 Å². The smallest absolute Gasteiger partial charge is 0.149 e. The Kier molecular flexibility index (Phi) is 1.83. The number of hydrogen-bond acceptors (Lipinski definition) is 4. The molecule has 0 bridgehead atoms. The van der Waals surface area contributed by atoms with Crippen molar-refractivity contribution in [3.05, 3.63) is 10.7 Å². The molecule has 0 aromatic heterocycles. The molecule has 0 saturated heterocycles. The summed E-state index contributed by atoms with van der Waals surface area (Å²) in [6.45, 7) is 1.79. The summed E-state index contributed by atoms with van der Waals surface area (Å²) in [4.78, 5) is 4.32. The van der Waals surface area contributed by atoms with Gasteiger partial charge in [-0.25, -0.2) is 4.99 Å². The van der Waals surface area contributed by atoms with E-state index in [2.05, 4.69) is 4.99 Å². The second kappa shape index (κ2) is 2.48. The molecule has 0 aliphatic carbocycles. The second-order valence-corrected chi connectivity index (χ2v) is 4.26. The van der Waals surface area contributed by atoms with Gasteiger partial charge in [0.1, 0.15) is 16.8 Å². The van der Waals surface area contributed by atoms with Crippen molar-refractivity contribution in [3.8, 4) is 6.07 Å². The van der Waals surface area contributed by atoms with E-state index in [1.54, 1.807) is 6.92 Å². The third-order valence-electron chi connectivity index (χ3n) is 1.07. The average Bonchev–Trinajstić information content (AvgIpc) is 2.09. The number of hydrogen-bond donors (Lipinski definition) is 1. The van der Waals surface area contributed by atoms with Gasteiger partial charge in [-0.2, -0.15) is 5.26 Å². The first-order valence-corrected chi connectivity index (χ1v) is 4.68. The van der Waals surface area contributed by atoms with Crippen LogP contribution in [-0.2, 0) is 20.6 Å². The summed E-state index contributed by atoms with van der Waals surface area (Å²) < 4.78 is 0. The van der Waals surface area contributed by atoms with Gasteiger partial charge in [0.15, 0.2) is 0 Å². The molecule has 2 N–H and O–H groups in total. The van der Waals surface area contributed by atoms with Gasteiger partial charge in [-0.05, 0) is 27.6 Å². The number of nitriles is 1. The van der Waals surface area contributed by atoms with Gasteiger partial charge in [0.2, 0.25) is 0 Å². The van der Waals surface area contributed by atoms with E-state index in [1.807, 2.05) is 6.07 Å². The van der Waals surface area contributed by atoms with E-state index in [0.29, 0.717) is 10.7 Å². The maximum Gasteiger partial charge on any atom is 0.149 e. The lowest BCUT2D eigenvalue weighted by molar-refractivity contribution is 1.25. The number of nitrogens with two attached hydrogens (primary N) is 1. The molecule has 0 radical (unpaired) electrons. The zero-order valence-electron chi connectivity index (χ0n) is 5.29. The van der Waals surface area contributed by atoms with E-state index < -0.39 is 9.45 Å². The van der Waals surface area contributed by atoms with Crippen LogP contribution in [0.25, 0.3) is 0 Å². The molecule has 1 unspecified atom stereocenters. The third kappa shape index (κ3) is 0.958. The van der Waals surface area contributed by atoms with Crippen LogP contribution in [0.15, 0.2) is 15.7 Å². The number of rotatable bonds is 0. The molecule has 0 amide bonds. The molecule has 0 saturated carbocycles. The molecule has 0 aromatic rings. The number of nitrogens with zero attached hydrogens (tertiary/aromatic N) is 2. The lowest BCUT2D eigenvalue weighted by Gasteiger charge is -1.89. The maximum absolute atomic E-state index is 8.50. The molecule has 0 spiro atoms. The largest absolute Gasteiger partial charge is 0.382 e. The van der Waals surface area contributed by atoms with Gasteiger partial charge in [0, 0.05) is 0 Å². The Morgan fingerprint density at radius 1 is 1.80 bits per heavy atom. The highest BCUT2D eigenvalue weighted by Gasteiger charge is 2.16. The molecular weight excluding hydrogens is 166 g/mol. The van der Waals surface area contributed by atoms with Crippen molar-refractivity contribution >= 4 is 25.7 Å². The lowest BCUT2D eigenvalue weighted by atomic mass is 10.6. The first-order chi connectivity index (χ1) is 4.66. The van der Waals surface area contributed by atoms with Crippen molar-refractivity contribution in [2.45, 2.75) is 6.92 Å². The summed E-state index contributed by atoms with van der Waals surface area (Å²) in [5, 5.41) is 9.27. The minimum atomic E-state index is -0.559. The van der Waals surface area contributed by atoms with E-state index in [1.165, 1.54) is 0 Å². The Balaban J connectivity index is 3.14. The molecule has 1 aliphatic heterocycles. The molecule has 1 atom stereocenters. The van der Waals surface area contributed by atoms with Gasteiger partial charge in [-0.3, -0.25) is 0 Å². The maximum atomic E-state index is 8.50. The topological polar surface area (TPSA) is 62.2 Å². The SMILES string of the molecule is CC1=NC(N)=C(C#N)S1=S. The highest BCUT2D eigenvalue weighted by Crippen LogP contribution is 2.15. The van der Waals surface area contributed by atoms with Crippen molar-refractivity contribution in [1.29, 1.82) is 5.26 Å². The summed E-state index contributed by atoms with van der Waals surface area (Å²) in [6, 6.07) is 1.94. The lowest BCUT2D eigenvalue weighted by Crippen LogP contribution is -1.97. The van der Waals surface area contributed by atoms with Crippen LogP contribution in [0.3, 0.4) is 0 Å². The average molecular weight is 171 g/mol. The van der Waals surface area contributed by atoms with Gasteiger partial charge in [-0.1, -0.05) is 0 Å². The second-order valence-electron chi connectivity index (χ2n) is 1.73. The normalized spacial score (nSPS) is 24.4. The van der Waals surface area contributed by atoms with Crippen LogP contribution >= 0.6 is 0 Å². The minimum Gasteiger partial charge on any atom is -0.382 e. The number of allylic oxidation sites excluding steroid dienone is 1. The quantitative estimate of drug-likeness (QED) is 0.564. The Morgan fingerprint density at radius 3 is 2.60 bits per heavy atom. The molecule has 0 aromatic carbocycles. The predicted molar refractivity (Wildman–Crippen MR) is 44.7 cm³/mol. The molecule has 5 heteroatoms. The van der Waals surface area contributed by atoms with Crippen LogP contribution in [0, 0.1) is 11.3 Å². The highest BCUT2D eigenvalue weighted by atomic mass is 32.8. The van der Waals surface area contributed by atoms with Crippen molar-refractivity contribution in [1.82, 2.24) is 0 Å². The van der Waals surface area contributed by atoms with E-state index in [-0.39, 0.29) is 0 Å². The molecule has 52 valence electrons. The van der Waals surface area contributed by atoms with Gasteiger partial charge in [0.05, 0.1) is 5.04 Å². The summed E-state index contributed by atoms with van der Waals surface area (Å²) in [6.07, 6.45) is 0. The molecule has 0 fully saturated rings. The Labute approximate surface area is 65.8 Å². The highest BCUT2D eigenvalue weighted by molar-refractivity contribution is 8.39. The predicted octanol–water partition coefficient (Wildman–Crippen LogP) is 0.150. The molecular formula is C5H5N3S2. The third-order valence-corrected chi connectivity index (χ3v) is 3.59. The van der Waals surface area contributed by atoms with Crippen LogP contribution < -0.4 is 5.73 Å². The Bertz CT molecular complexity index is 295. The fraction of sp³-hybridized carbons (Fsp3) is 0.200. The van der Waals surface area contributed by atoms with E-state index in [4.69, 9.17) is 22.2 Å². The van der Waals surface area contributed by atoms with Crippen molar-refractivity contribution in [2.75, 3.05) is 0 Å². The molecule has 1 aliphatic rings. The van der Waals surface area contributed by atoms with Crippen LogP contribution in [0.2, 0.25) is 0 Å². The van der Waals surface area contributed by atoms with E-state index in [0.717, 1.165) is 5.04 Å². The van der Waals surface area contributed by atoms with Crippen molar-refractivity contribution in [2.24, 2.45) is 10.7 Å². The van der Waals surface area contributed by atoms with Crippen LogP contribution in [-0.4, -0.2) is 5.04 Å². The first kappa shape index (κ1) is 7.38. The monoisotopic (exact) mass is 171 g/mol. The molecule has 10 heavy (non-hydrogen) atoms. The zero-order chi connectivity index (χ0) is 7.72. The number of aliphatic imine (C=N–C) groups is 1. The van der Waals surface area contributed by atoms with Crippen LogP contribution in [0.5, 0.6) is 0 Å². The molecule has 3 nitrogen and oxygen atoms in total. The van der Waals surface area contributed by atoms with E-state index in [9.17, 15) is 0 Å². The van der Waals surface area contributed by atoms with Crippen molar-refractivity contribution in [3.63, 3.8) is 0 Å². The summed E-state index contributed by atoms with van der Waals surface area (Å²) in [5.41, 5.74) is 5.38. The summed E-state index contributed by atoms with van der Waals surface area (Å²) >= 11 is 4.96. The fourth-order valence-corrected chi connectivity index (χ4v) is 1.88. The standard InChI is InChI=1S/C5H5N3S2/c1-3-8-5(7)4(2-6)10(3)9/h7H2,1H3. The summed E-state index contributed by atoms with van der Waals surface area (Å²) in [7, 11) is -0.559. The Hall–Kier alpha value is -0.730. The molecule has 1 heterocycles. The van der Waals surface area contributed by atoms with Gasteiger partial charge < -0.3 is 5.73 Å². The van der Waals surface area contributed by atoms with Crippen LogP contribution in [0.1, 0.15) is 6.92 Å².